The van der Waals surface area contributed by atoms with Crippen LogP contribution in [-0.4, -0.2) is 22.3 Å². The largest absolute Gasteiger partial charge is 0.490 e. The molecule has 2 aromatic carbocycles. The first-order valence-electron chi connectivity index (χ1n) is 10.5. The van der Waals surface area contributed by atoms with Gasteiger partial charge in [0.15, 0.2) is 11.5 Å². The van der Waals surface area contributed by atoms with Crippen LogP contribution in [0.5, 0.6) is 17.2 Å². The van der Waals surface area contributed by atoms with E-state index in [1.165, 1.54) is 24.1 Å². The van der Waals surface area contributed by atoms with Crippen LogP contribution in [0.15, 0.2) is 48.5 Å². The van der Waals surface area contributed by atoms with Crippen molar-refractivity contribution in [2.24, 2.45) is 7.05 Å². The quantitative estimate of drug-likeness (QED) is 0.632. The summed E-state index contributed by atoms with van der Waals surface area (Å²) in [5.41, 5.74) is 4.03. The van der Waals surface area contributed by atoms with Gasteiger partial charge in [0.1, 0.15) is 5.75 Å². The van der Waals surface area contributed by atoms with Gasteiger partial charge < -0.3 is 14.8 Å². The van der Waals surface area contributed by atoms with Gasteiger partial charge in [0.25, 0.3) is 5.91 Å². The lowest BCUT2D eigenvalue weighted by molar-refractivity contribution is 0.0947. The maximum atomic E-state index is 13.0. The molecule has 6 nitrogen and oxygen atoms in total. The number of aryl methyl sites for hydroxylation is 2. The zero-order chi connectivity index (χ0) is 20.9. The van der Waals surface area contributed by atoms with Gasteiger partial charge in [-0.15, -0.1) is 0 Å². The number of aromatic nitrogens is 2. The van der Waals surface area contributed by atoms with Crippen LogP contribution in [0.4, 0.5) is 0 Å². The monoisotopic (exact) mass is 405 g/mol. The minimum absolute atomic E-state index is 0.176. The van der Waals surface area contributed by atoms with E-state index in [1.54, 1.807) is 12.1 Å². The molecule has 1 N–H and O–H groups in total. The second-order valence-electron chi connectivity index (χ2n) is 7.36. The molecule has 0 saturated carbocycles. The SMILES string of the molecule is CCOc1ccccc1Oc1ccccc1C(=O)NCc1c2c(nn1C)CCCC2. The van der Waals surface area contributed by atoms with Gasteiger partial charge in [0, 0.05) is 7.05 Å². The van der Waals surface area contributed by atoms with Crippen LogP contribution in [0.2, 0.25) is 0 Å². The van der Waals surface area contributed by atoms with E-state index < -0.39 is 0 Å². The highest BCUT2D eigenvalue weighted by Gasteiger charge is 2.20. The first-order valence-corrected chi connectivity index (χ1v) is 10.5. The summed E-state index contributed by atoms with van der Waals surface area (Å²) in [7, 11) is 1.95. The van der Waals surface area contributed by atoms with Gasteiger partial charge in [-0.3, -0.25) is 9.48 Å². The summed E-state index contributed by atoms with van der Waals surface area (Å²) < 4.78 is 13.6. The number of ether oxygens (including phenoxy) is 2. The Bertz CT molecular complexity index is 1040. The Hall–Kier alpha value is -3.28. The highest BCUT2D eigenvalue weighted by molar-refractivity contribution is 5.97. The van der Waals surface area contributed by atoms with E-state index in [2.05, 4.69) is 10.4 Å². The minimum Gasteiger partial charge on any atom is -0.490 e. The lowest BCUT2D eigenvalue weighted by Gasteiger charge is -2.15. The summed E-state index contributed by atoms with van der Waals surface area (Å²) in [6.45, 7) is 2.91. The minimum atomic E-state index is -0.176. The fourth-order valence-electron chi connectivity index (χ4n) is 3.90. The smallest absolute Gasteiger partial charge is 0.255 e. The van der Waals surface area contributed by atoms with Crippen molar-refractivity contribution in [2.45, 2.75) is 39.2 Å². The van der Waals surface area contributed by atoms with E-state index in [0.717, 1.165) is 18.5 Å². The fraction of sp³-hybridized carbons (Fsp3) is 0.333. The molecule has 6 heteroatoms. The van der Waals surface area contributed by atoms with Crippen molar-refractivity contribution in [1.29, 1.82) is 0 Å². The van der Waals surface area contributed by atoms with Crippen molar-refractivity contribution < 1.29 is 14.3 Å². The Morgan fingerprint density at radius 1 is 1.03 bits per heavy atom. The zero-order valence-electron chi connectivity index (χ0n) is 17.5. The highest BCUT2D eigenvalue weighted by Crippen LogP contribution is 2.33. The molecule has 0 atom stereocenters. The van der Waals surface area contributed by atoms with Gasteiger partial charge >= 0.3 is 0 Å². The van der Waals surface area contributed by atoms with Gasteiger partial charge in [-0.2, -0.15) is 5.10 Å². The Balaban J connectivity index is 1.52. The molecule has 0 fully saturated rings. The molecule has 0 unspecified atom stereocenters. The molecule has 3 aromatic rings. The van der Waals surface area contributed by atoms with E-state index in [1.807, 2.05) is 55.1 Å². The van der Waals surface area contributed by atoms with Crippen molar-refractivity contribution in [1.82, 2.24) is 15.1 Å². The predicted octanol–water partition coefficient (Wildman–Crippen LogP) is 4.42. The molecule has 0 spiro atoms. The molecule has 156 valence electrons. The molecule has 30 heavy (non-hydrogen) atoms. The van der Waals surface area contributed by atoms with Crippen LogP contribution < -0.4 is 14.8 Å². The molecule has 0 aliphatic heterocycles. The summed E-state index contributed by atoms with van der Waals surface area (Å²) in [5, 5.41) is 7.68. The van der Waals surface area contributed by atoms with Crippen LogP contribution in [0.3, 0.4) is 0 Å². The van der Waals surface area contributed by atoms with Crippen LogP contribution in [0, 0.1) is 0 Å². The lowest BCUT2D eigenvalue weighted by atomic mass is 9.96. The summed E-state index contributed by atoms with van der Waals surface area (Å²) in [6.07, 6.45) is 4.41. The second-order valence-corrected chi connectivity index (χ2v) is 7.36. The predicted molar refractivity (Wildman–Crippen MR) is 115 cm³/mol. The Labute approximate surface area is 176 Å². The van der Waals surface area contributed by atoms with E-state index in [0.29, 0.717) is 36.0 Å². The summed E-state index contributed by atoms with van der Waals surface area (Å²) in [5.74, 6) is 1.55. The molecule has 1 aliphatic carbocycles. The molecule has 4 rings (SSSR count). The molecule has 0 bridgehead atoms. The second kappa shape index (κ2) is 9.03. The van der Waals surface area contributed by atoms with Gasteiger partial charge in [-0.25, -0.2) is 0 Å². The van der Waals surface area contributed by atoms with Crippen molar-refractivity contribution in [3.05, 3.63) is 71.0 Å². The van der Waals surface area contributed by atoms with E-state index in [4.69, 9.17) is 9.47 Å². The third-order valence-electron chi connectivity index (χ3n) is 5.37. The number of amides is 1. The molecule has 0 saturated heterocycles. The average Bonchev–Trinajstić information content (AvgIpc) is 3.09. The number of nitrogens with zero attached hydrogens (tertiary/aromatic N) is 2. The van der Waals surface area contributed by atoms with Crippen molar-refractivity contribution >= 4 is 5.91 Å². The van der Waals surface area contributed by atoms with Gasteiger partial charge in [0.05, 0.1) is 30.1 Å². The maximum absolute atomic E-state index is 13.0. The number of nitrogens with one attached hydrogen (secondary N) is 1. The number of hydrogen-bond acceptors (Lipinski definition) is 4. The van der Waals surface area contributed by atoms with Crippen LogP contribution in [-0.2, 0) is 26.4 Å². The zero-order valence-corrected chi connectivity index (χ0v) is 17.5. The molecular weight excluding hydrogens is 378 g/mol. The van der Waals surface area contributed by atoms with Crippen LogP contribution in [0.25, 0.3) is 0 Å². The summed E-state index contributed by atoms with van der Waals surface area (Å²) >= 11 is 0. The van der Waals surface area contributed by atoms with E-state index in [-0.39, 0.29) is 5.91 Å². The number of carbonyl (C=O) groups is 1. The summed E-state index contributed by atoms with van der Waals surface area (Å²) in [6, 6.07) is 14.7. The molecule has 1 heterocycles. The molecule has 0 radical (unpaired) electrons. The third-order valence-corrected chi connectivity index (χ3v) is 5.37. The number of fused-ring (bicyclic) bond motifs is 1. The molecule has 1 amide bonds. The Morgan fingerprint density at radius 3 is 2.53 bits per heavy atom. The lowest BCUT2D eigenvalue weighted by Crippen LogP contribution is -2.25. The van der Waals surface area contributed by atoms with Crippen molar-refractivity contribution in [3.63, 3.8) is 0 Å². The van der Waals surface area contributed by atoms with Crippen molar-refractivity contribution in [2.75, 3.05) is 6.61 Å². The van der Waals surface area contributed by atoms with Gasteiger partial charge in [-0.1, -0.05) is 24.3 Å². The standard InChI is InChI=1S/C24H27N3O3/c1-3-29-22-14-8-9-15-23(22)30-21-13-7-5-11-18(21)24(28)25-16-20-17-10-4-6-12-19(17)26-27(20)2/h5,7-9,11,13-15H,3-4,6,10,12,16H2,1-2H3,(H,25,28). The van der Waals surface area contributed by atoms with Crippen molar-refractivity contribution in [3.8, 4) is 17.2 Å². The number of para-hydroxylation sites is 3. The number of benzene rings is 2. The Morgan fingerprint density at radius 2 is 1.73 bits per heavy atom. The fourth-order valence-corrected chi connectivity index (χ4v) is 3.90. The first kappa shape index (κ1) is 20.0. The first-order chi connectivity index (χ1) is 14.7. The highest BCUT2D eigenvalue weighted by atomic mass is 16.5. The molecular formula is C24H27N3O3. The maximum Gasteiger partial charge on any atom is 0.255 e. The van der Waals surface area contributed by atoms with Gasteiger partial charge in [0.2, 0.25) is 0 Å². The van der Waals surface area contributed by atoms with E-state index >= 15 is 0 Å². The Kier molecular flexibility index (Phi) is 6.02. The molecule has 1 aliphatic rings. The molecule has 1 aromatic heterocycles. The van der Waals surface area contributed by atoms with Gasteiger partial charge in [-0.05, 0) is 62.4 Å². The summed E-state index contributed by atoms with van der Waals surface area (Å²) in [4.78, 5) is 13.0. The van der Waals surface area contributed by atoms with Crippen LogP contribution in [0.1, 0.15) is 47.1 Å². The average molecular weight is 405 g/mol. The van der Waals surface area contributed by atoms with Crippen LogP contribution >= 0.6 is 0 Å². The number of hydrogen-bond donors (Lipinski definition) is 1. The topological polar surface area (TPSA) is 65.4 Å². The third kappa shape index (κ3) is 4.17. The normalized spacial score (nSPS) is 12.9. The van der Waals surface area contributed by atoms with E-state index in [9.17, 15) is 4.79 Å². The number of carbonyl (C=O) groups excluding carboxylic acids is 1. The number of rotatable bonds is 7.